The maximum Gasteiger partial charge on any atom is 0.355 e. The van der Waals surface area contributed by atoms with Crippen LogP contribution in [0.5, 0.6) is 0 Å². The third kappa shape index (κ3) is 5.97. The fourth-order valence-corrected chi connectivity index (χ4v) is 3.57. The van der Waals surface area contributed by atoms with E-state index in [1.54, 1.807) is 12.1 Å². The molecule has 0 saturated heterocycles. The third-order valence-electron chi connectivity index (χ3n) is 5.33. The number of nitro groups is 1. The minimum atomic E-state index is -0.543. The average molecular weight is 469 g/mol. The molecule has 0 aliphatic heterocycles. The van der Waals surface area contributed by atoms with Crippen LogP contribution in [0.3, 0.4) is 0 Å². The fraction of sp³-hybridized carbons (Fsp3) is 0.115. The van der Waals surface area contributed by atoms with Gasteiger partial charge in [-0.05, 0) is 30.2 Å². The summed E-state index contributed by atoms with van der Waals surface area (Å²) in [5.74, 6) is -0.402. The van der Waals surface area contributed by atoms with Gasteiger partial charge in [-0.15, -0.1) is 0 Å². The number of nitrogens with zero attached hydrogens (tertiary/aromatic N) is 4. The zero-order valence-corrected chi connectivity index (χ0v) is 19.1. The van der Waals surface area contributed by atoms with Gasteiger partial charge >= 0.3 is 5.69 Å². The average Bonchev–Trinajstić information content (AvgIpc) is 2.88. The van der Waals surface area contributed by atoms with E-state index in [1.807, 2.05) is 84.6 Å². The second-order valence-electron chi connectivity index (χ2n) is 7.92. The van der Waals surface area contributed by atoms with Gasteiger partial charge in [0.25, 0.3) is 5.91 Å². The van der Waals surface area contributed by atoms with Crippen LogP contribution in [0.2, 0.25) is 0 Å². The number of nitrogens with one attached hydrogen (secondary N) is 2. The van der Waals surface area contributed by atoms with Crippen molar-refractivity contribution in [2.24, 2.45) is 0 Å². The number of hydrazine groups is 1. The quantitative estimate of drug-likeness (QED) is 0.271. The Bertz CT molecular complexity index is 1260. The number of carbonyl (C=O) groups excluding carboxylic acids is 1. The highest BCUT2D eigenvalue weighted by atomic mass is 16.6. The van der Waals surface area contributed by atoms with Crippen molar-refractivity contribution in [3.05, 3.63) is 124 Å². The Morgan fingerprint density at radius 3 is 2.00 bits per heavy atom. The molecule has 0 atom stereocenters. The van der Waals surface area contributed by atoms with Gasteiger partial charge in [0.15, 0.2) is 0 Å². The summed E-state index contributed by atoms with van der Waals surface area (Å²) in [5.41, 5.74) is 8.14. The molecule has 0 radical (unpaired) electrons. The largest absolute Gasteiger partial charge is 0.355 e. The maximum atomic E-state index is 12.5. The molecule has 2 N–H and O–H groups in total. The Morgan fingerprint density at radius 2 is 1.46 bits per heavy atom. The number of aryl methyl sites for hydroxylation is 1. The van der Waals surface area contributed by atoms with Crippen molar-refractivity contribution < 1.29 is 9.72 Å². The minimum absolute atomic E-state index is 0.105. The Balaban J connectivity index is 1.65. The molecule has 35 heavy (non-hydrogen) atoms. The molecule has 0 saturated carbocycles. The fourth-order valence-electron chi connectivity index (χ4n) is 3.57. The van der Waals surface area contributed by atoms with Gasteiger partial charge in [-0.2, -0.15) is 0 Å². The lowest BCUT2D eigenvalue weighted by Crippen LogP contribution is -2.31. The van der Waals surface area contributed by atoms with Gasteiger partial charge in [-0.1, -0.05) is 78.4 Å². The third-order valence-corrected chi connectivity index (χ3v) is 5.33. The van der Waals surface area contributed by atoms with E-state index in [-0.39, 0.29) is 17.3 Å². The molecule has 4 rings (SSSR count). The van der Waals surface area contributed by atoms with Crippen molar-refractivity contribution in [2.75, 3.05) is 10.3 Å². The van der Waals surface area contributed by atoms with Crippen LogP contribution in [-0.2, 0) is 13.1 Å². The number of amides is 1. The first-order chi connectivity index (χ1) is 17.0. The molecule has 0 aliphatic carbocycles. The molecule has 1 amide bonds. The van der Waals surface area contributed by atoms with Crippen molar-refractivity contribution in [3.63, 3.8) is 0 Å². The standard InChI is InChI=1S/C26H24N6O3/c1-19-12-14-22(15-13-19)26(33)30-29-24-23(32(34)35)25(28-18-27-24)31(16-20-8-4-2-5-9-20)17-21-10-6-3-7-11-21/h2-15,18H,16-17H2,1H3,(H,30,33)(H,27,28,29). The van der Waals surface area contributed by atoms with Gasteiger partial charge in [0.1, 0.15) is 6.33 Å². The first-order valence-corrected chi connectivity index (χ1v) is 11.0. The molecule has 176 valence electrons. The summed E-state index contributed by atoms with van der Waals surface area (Å²) in [6, 6.07) is 26.3. The molecule has 0 aliphatic rings. The summed E-state index contributed by atoms with van der Waals surface area (Å²) < 4.78 is 0. The van der Waals surface area contributed by atoms with Crippen LogP contribution < -0.4 is 15.8 Å². The SMILES string of the molecule is Cc1ccc(C(=O)NNc2ncnc(N(Cc3ccccc3)Cc3ccccc3)c2[N+](=O)[O-])cc1. The van der Waals surface area contributed by atoms with Crippen molar-refractivity contribution in [1.29, 1.82) is 0 Å². The van der Waals surface area contributed by atoms with Crippen molar-refractivity contribution in [2.45, 2.75) is 20.0 Å². The monoisotopic (exact) mass is 468 g/mol. The first-order valence-electron chi connectivity index (χ1n) is 11.0. The summed E-state index contributed by atoms with van der Waals surface area (Å²) in [4.78, 5) is 34.2. The molecule has 3 aromatic carbocycles. The summed E-state index contributed by atoms with van der Waals surface area (Å²) in [6.45, 7) is 2.70. The van der Waals surface area contributed by atoms with Crippen LogP contribution in [-0.4, -0.2) is 20.8 Å². The van der Waals surface area contributed by atoms with Crippen molar-refractivity contribution in [3.8, 4) is 0 Å². The van der Waals surface area contributed by atoms with Gasteiger partial charge in [-0.3, -0.25) is 25.8 Å². The highest BCUT2D eigenvalue weighted by Crippen LogP contribution is 2.33. The first kappa shape index (κ1) is 23.4. The molecule has 1 aromatic heterocycles. The maximum absolute atomic E-state index is 12.5. The summed E-state index contributed by atoms with van der Waals surface area (Å²) in [7, 11) is 0. The van der Waals surface area contributed by atoms with E-state index < -0.39 is 10.8 Å². The molecule has 0 unspecified atom stereocenters. The number of benzene rings is 3. The van der Waals surface area contributed by atoms with Gasteiger partial charge in [0.2, 0.25) is 11.6 Å². The van der Waals surface area contributed by atoms with E-state index in [4.69, 9.17) is 0 Å². The van der Waals surface area contributed by atoms with Crippen LogP contribution in [0.15, 0.2) is 91.3 Å². The van der Waals surface area contributed by atoms with Crippen LogP contribution >= 0.6 is 0 Å². The summed E-state index contributed by atoms with van der Waals surface area (Å²) >= 11 is 0. The lowest BCUT2D eigenvalue weighted by atomic mass is 10.1. The highest BCUT2D eigenvalue weighted by molar-refractivity contribution is 5.95. The Kier molecular flexibility index (Phi) is 7.27. The Morgan fingerprint density at radius 1 is 0.886 bits per heavy atom. The predicted octanol–water partition coefficient (Wildman–Crippen LogP) is 4.66. The predicted molar refractivity (Wildman–Crippen MR) is 134 cm³/mol. The Labute approximate surface area is 202 Å². The van der Waals surface area contributed by atoms with Crippen LogP contribution in [0.1, 0.15) is 27.0 Å². The van der Waals surface area contributed by atoms with Crippen LogP contribution in [0.25, 0.3) is 0 Å². The molecule has 1 heterocycles. The number of hydrogen-bond acceptors (Lipinski definition) is 7. The zero-order chi connectivity index (χ0) is 24.6. The molecular formula is C26H24N6O3. The summed E-state index contributed by atoms with van der Waals surface area (Å²) in [5, 5.41) is 12.2. The molecule has 4 aromatic rings. The van der Waals surface area contributed by atoms with Crippen LogP contribution in [0.4, 0.5) is 17.3 Å². The molecule has 0 spiro atoms. The van der Waals surface area contributed by atoms with E-state index in [0.717, 1.165) is 16.7 Å². The van der Waals surface area contributed by atoms with Crippen molar-refractivity contribution >= 4 is 23.2 Å². The van der Waals surface area contributed by atoms with Gasteiger partial charge in [0.05, 0.1) is 4.92 Å². The minimum Gasteiger partial charge on any atom is -0.342 e. The topological polar surface area (TPSA) is 113 Å². The number of anilines is 2. The van der Waals surface area contributed by atoms with E-state index in [0.29, 0.717) is 18.7 Å². The van der Waals surface area contributed by atoms with E-state index in [1.165, 1.54) is 6.33 Å². The second-order valence-corrected chi connectivity index (χ2v) is 7.92. The molecule has 0 bridgehead atoms. The molecule has 9 heteroatoms. The van der Waals surface area contributed by atoms with Gasteiger partial charge in [0, 0.05) is 18.7 Å². The van der Waals surface area contributed by atoms with Gasteiger partial charge in [-0.25, -0.2) is 9.97 Å². The van der Waals surface area contributed by atoms with Crippen LogP contribution in [0, 0.1) is 17.0 Å². The number of aromatic nitrogens is 2. The second kappa shape index (κ2) is 10.9. The van der Waals surface area contributed by atoms with E-state index >= 15 is 0 Å². The number of carbonyl (C=O) groups is 1. The zero-order valence-electron chi connectivity index (χ0n) is 19.1. The smallest absolute Gasteiger partial charge is 0.342 e. The highest BCUT2D eigenvalue weighted by Gasteiger charge is 2.28. The number of hydrogen-bond donors (Lipinski definition) is 2. The molecular weight excluding hydrogens is 444 g/mol. The van der Waals surface area contributed by atoms with E-state index in [9.17, 15) is 14.9 Å². The molecule has 9 nitrogen and oxygen atoms in total. The Hall–Kier alpha value is -4.79. The van der Waals surface area contributed by atoms with E-state index in [2.05, 4.69) is 20.8 Å². The summed E-state index contributed by atoms with van der Waals surface area (Å²) in [6.07, 6.45) is 1.24. The number of rotatable bonds is 9. The van der Waals surface area contributed by atoms with Gasteiger partial charge < -0.3 is 4.90 Å². The normalized spacial score (nSPS) is 10.4. The lowest BCUT2D eigenvalue weighted by Gasteiger charge is -2.24. The lowest BCUT2D eigenvalue weighted by molar-refractivity contribution is -0.383. The molecule has 0 fully saturated rings. The van der Waals surface area contributed by atoms with Crippen molar-refractivity contribution in [1.82, 2.24) is 15.4 Å².